The molecule has 2 aromatic rings. The molecule has 9 nitrogen and oxygen atoms in total. The molecule has 34 heavy (non-hydrogen) atoms. The zero-order valence-corrected chi connectivity index (χ0v) is 19.8. The van der Waals surface area contributed by atoms with E-state index in [0.29, 0.717) is 23.5 Å². The monoisotopic (exact) mass is 462 g/mol. The van der Waals surface area contributed by atoms with Gasteiger partial charge in [-0.3, -0.25) is 9.91 Å². The number of nitrogen functional groups attached to an aromatic ring is 1. The molecule has 2 fully saturated rings. The number of nitrogens with one attached hydrogen (secondary N) is 2. The summed E-state index contributed by atoms with van der Waals surface area (Å²) in [6.45, 7) is 9.09. The van der Waals surface area contributed by atoms with Crippen molar-refractivity contribution in [3.8, 4) is 0 Å². The zero-order valence-electron chi connectivity index (χ0n) is 19.8. The Morgan fingerprint density at radius 1 is 1.21 bits per heavy atom. The van der Waals surface area contributed by atoms with Gasteiger partial charge in [-0.2, -0.15) is 10.1 Å². The zero-order chi connectivity index (χ0) is 23.5. The van der Waals surface area contributed by atoms with E-state index in [9.17, 15) is 4.79 Å². The molecule has 3 aliphatic rings. The second-order valence-corrected chi connectivity index (χ2v) is 9.81. The van der Waals surface area contributed by atoms with Crippen LogP contribution in [0.3, 0.4) is 0 Å². The standard InChI is InChI=1S/C25H34N8O/c1-2-3-9-28-23-22-20(30-24(26)31-23)11-29-33(21(22)14-34)13-19-6-4-18(5-7-19)12-32-10-8-25(17-32)15-27-16-25/h4-7,11,14,21,27H,2-3,8-10,12-13,15-17H2,1H3,(H3,26,28,30,31). The molecule has 2 saturated heterocycles. The highest BCUT2D eigenvalue weighted by molar-refractivity contribution is 5.86. The van der Waals surface area contributed by atoms with E-state index in [1.54, 1.807) is 11.2 Å². The van der Waals surface area contributed by atoms with Crippen molar-refractivity contribution >= 4 is 24.3 Å². The molecule has 1 unspecified atom stereocenters. The van der Waals surface area contributed by atoms with E-state index in [2.05, 4.69) is 61.8 Å². The molecule has 180 valence electrons. The van der Waals surface area contributed by atoms with Gasteiger partial charge in [0.2, 0.25) is 5.95 Å². The van der Waals surface area contributed by atoms with Gasteiger partial charge in [-0.25, -0.2) is 4.98 Å². The number of likely N-dealkylation sites (tertiary alicyclic amines) is 1. The number of rotatable bonds is 9. The molecule has 9 heteroatoms. The van der Waals surface area contributed by atoms with Gasteiger partial charge < -0.3 is 21.2 Å². The lowest BCUT2D eigenvalue weighted by molar-refractivity contribution is -0.112. The number of benzene rings is 1. The maximum Gasteiger partial charge on any atom is 0.222 e. The Hall–Kier alpha value is -3.04. The number of carbonyl (C=O) groups is 1. The fraction of sp³-hybridized carbons (Fsp3) is 0.520. The summed E-state index contributed by atoms with van der Waals surface area (Å²) < 4.78 is 0. The van der Waals surface area contributed by atoms with Crippen LogP contribution in [0, 0.1) is 5.41 Å². The van der Waals surface area contributed by atoms with Gasteiger partial charge in [0.05, 0.1) is 24.0 Å². The molecule has 1 atom stereocenters. The molecule has 3 aliphatic heterocycles. The van der Waals surface area contributed by atoms with Gasteiger partial charge in [0, 0.05) is 38.1 Å². The maximum absolute atomic E-state index is 12.2. The predicted octanol–water partition coefficient (Wildman–Crippen LogP) is 2.16. The number of nitrogens with zero attached hydrogens (tertiary/aromatic N) is 5. The lowest BCUT2D eigenvalue weighted by Gasteiger charge is -2.39. The van der Waals surface area contributed by atoms with E-state index >= 15 is 0 Å². The normalized spacial score (nSPS) is 20.9. The molecule has 0 radical (unpaired) electrons. The molecular weight excluding hydrogens is 428 g/mol. The number of hydrazone groups is 1. The number of carbonyl (C=O) groups excluding carboxylic acids is 1. The van der Waals surface area contributed by atoms with Crippen LogP contribution in [0.15, 0.2) is 29.4 Å². The van der Waals surface area contributed by atoms with Gasteiger partial charge in [0.15, 0.2) is 0 Å². The van der Waals surface area contributed by atoms with Crippen molar-refractivity contribution in [2.24, 2.45) is 10.5 Å². The SMILES string of the molecule is CCCCNc1nc(N)nc2c1C(C=O)N(Cc1ccc(CN3CCC4(CNC4)C3)cc1)N=C2. The molecule has 0 amide bonds. The lowest BCUT2D eigenvalue weighted by Crippen LogP contribution is -2.54. The summed E-state index contributed by atoms with van der Waals surface area (Å²) in [7, 11) is 0. The minimum absolute atomic E-state index is 0.176. The van der Waals surface area contributed by atoms with Gasteiger partial charge in [-0.15, -0.1) is 0 Å². The van der Waals surface area contributed by atoms with E-state index in [0.717, 1.165) is 56.4 Å². The van der Waals surface area contributed by atoms with Gasteiger partial charge in [0.25, 0.3) is 0 Å². The van der Waals surface area contributed by atoms with Crippen LogP contribution >= 0.6 is 0 Å². The van der Waals surface area contributed by atoms with Gasteiger partial charge in [-0.1, -0.05) is 37.6 Å². The number of hydrogen-bond acceptors (Lipinski definition) is 9. The predicted molar refractivity (Wildman–Crippen MR) is 133 cm³/mol. The molecule has 1 aromatic carbocycles. The molecule has 5 rings (SSSR count). The second-order valence-electron chi connectivity index (χ2n) is 9.81. The minimum atomic E-state index is -0.568. The van der Waals surface area contributed by atoms with E-state index < -0.39 is 6.04 Å². The van der Waals surface area contributed by atoms with Gasteiger partial charge >= 0.3 is 0 Å². The van der Waals surface area contributed by atoms with Gasteiger partial charge in [-0.05, 0) is 30.5 Å². The molecule has 0 bridgehead atoms. The quantitative estimate of drug-likeness (QED) is 0.384. The van der Waals surface area contributed by atoms with Crippen molar-refractivity contribution in [1.29, 1.82) is 0 Å². The topological polar surface area (TPSA) is 112 Å². The highest BCUT2D eigenvalue weighted by Crippen LogP contribution is 2.35. The largest absolute Gasteiger partial charge is 0.370 e. The Morgan fingerprint density at radius 3 is 2.62 bits per heavy atom. The summed E-state index contributed by atoms with van der Waals surface area (Å²) in [5.41, 5.74) is 10.2. The molecule has 1 aromatic heterocycles. The first-order valence-electron chi connectivity index (χ1n) is 12.3. The fourth-order valence-electron chi connectivity index (χ4n) is 5.17. The Labute approximate surface area is 200 Å². The molecular formula is C25H34N8O. The highest BCUT2D eigenvalue weighted by Gasteiger charge is 2.42. The van der Waals surface area contributed by atoms with Crippen molar-refractivity contribution in [3.63, 3.8) is 0 Å². The summed E-state index contributed by atoms with van der Waals surface area (Å²) >= 11 is 0. The first-order chi connectivity index (χ1) is 16.6. The van der Waals surface area contributed by atoms with Crippen LogP contribution < -0.4 is 16.4 Å². The summed E-state index contributed by atoms with van der Waals surface area (Å²) in [5, 5.41) is 13.1. The number of anilines is 2. The van der Waals surface area contributed by atoms with Crippen LogP contribution in [0.4, 0.5) is 11.8 Å². The number of aldehydes is 1. The average molecular weight is 463 g/mol. The van der Waals surface area contributed by atoms with E-state index in [1.165, 1.54) is 25.1 Å². The number of unbranched alkanes of at least 4 members (excludes halogenated alkanes) is 1. The van der Waals surface area contributed by atoms with E-state index in [1.807, 2.05) is 0 Å². The number of nitrogens with two attached hydrogens (primary N) is 1. The maximum atomic E-state index is 12.2. The third kappa shape index (κ3) is 4.63. The third-order valence-corrected chi connectivity index (χ3v) is 7.18. The van der Waals surface area contributed by atoms with Crippen molar-refractivity contribution < 1.29 is 4.79 Å². The number of hydrogen-bond donors (Lipinski definition) is 3. The van der Waals surface area contributed by atoms with E-state index in [4.69, 9.17) is 5.73 Å². The van der Waals surface area contributed by atoms with Crippen LogP contribution in [0.25, 0.3) is 0 Å². The van der Waals surface area contributed by atoms with Crippen LogP contribution in [0.1, 0.15) is 54.6 Å². The van der Waals surface area contributed by atoms with Crippen molar-refractivity contribution in [3.05, 3.63) is 46.6 Å². The Bertz CT molecular complexity index is 1050. The van der Waals surface area contributed by atoms with E-state index in [-0.39, 0.29) is 5.95 Å². The molecule has 4 N–H and O–H groups in total. The lowest BCUT2D eigenvalue weighted by atomic mass is 9.81. The smallest absolute Gasteiger partial charge is 0.222 e. The van der Waals surface area contributed by atoms with Crippen LogP contribution in [-0.2, 0) is 17.9 Å². The molecule has 1 spiro atoms. The van der Waals surface area contributed by atoms with Crippen molar-refractivity contribution in [2.45, 2.75) is 45.3 Å². The summed E-state index contributed by atoms with van der Waals surface area (Å²) in [6, 6.07) is 8.09. The minimum Gasteiger partial charge on any atom is -0.370 e. The molecule has 4 heterocycles. The molecule has 0 aliphatic carbocycles. The van der Waals surface area contributed by atoms with Crippen LogP contribution in [-0.4, -0.2) is 65.1 Å². The van der Waals surface area contributed by atoms with Crippen molar-refractivity contribution in [1.82, 2.24) is 25.2 Å². The Balaban J connectivity index is 1.27. The number of fused-ring (bicyclic) bond motifs is 1. The van der Waals surface area contributed by atoms with Gasteiger partial charge in [0.1, 0.15) is 18.1 Å². The van der Waals surface area contributed by atoms with Crippen molar-refractivity contribution in [2.75, 3.05) is 43.8 Å². The third-order valence-electron chi connectivity index (χ3n) is 7.18. The summed E-state index contributed by atoms with van der Waals surface area (Å²) in [6.07, 6.45) is 5.94. The summed E-state index contributed by atoms with van der Waals surface area (Å²) in [5.74, 6) is 0.792. The average Bonchev–Trinajstić information content (AvgIpc) is 3.25. The molecule has 0 saturated carbocycles. The van der Waals surface area contributed by atoms with Crippen LogP contribution in [0.2, 0.25) is 0 Å². The van der Waals surface area contributed by atoms with Crippen LogP contribution in [0.5, 0.6) is 0 Å². The summed E-state index contributed by atoms with van der Waals surface area (Å²) in [4.78, 5) is 23.4. The Kier molecular flexibility index (Phi) is 6.47. The second kappa shape index (κ2) is 9.68. The first kappa shape index (κ1) is 22.7. The number of aromatic nitrogens is 2. The fourth-order valence-corrected chi connectivity index (χ4v) is 5.17. The highest BCUT2D eigenvalue weighted by atomic mass is 16.1. The first-order valence-corrected chi connectivity index (χ1v) is 12.3. The Morgan fingerprint density at radius 2 is 1.97 bits per heavy atom.